The van der Waals surface area contributed by atoms with E-state index in [2.05, 4.69) is 255 Å². The number of imidazole rings is 1. The fraction of sp³-hybridized carbons (Fsp3) is 0.140. The molecule has 2 aromatic heterocycles. The Kier molecular flexibility index (Phi) is 8.99. The van der Waals surface area contributed by atoms with Crippen LogP contribution in [-0.4, -0.2) is 16.1 Å². The number of anilines is 9. The SMILES string of the molecule is CC(C)(C)c1ccc(N(c2ccc3c(c2)N(c2ccccc2)c2cccc4c2B3c2nc3ccccn3c2N4c2ccccc2)c2ccc(C(C)(C)C)cc2-c2ccccc2)cc1. The second-order valence-corrected chi connectivity index (χ2v) is 19.0. The molecule has 7 aromatic carbocycles. The van der Waals surface area contributed by atoms with Crippen molar-refractivity contribution in [3.8, 4) is 11.1 Å². The average Bonchev–Trinajstić information content (AvgIpc) is 3.69. The molecule has 11 rings (SSSR count). The van der Waals surface area contributed by atoms with Crippen LogP contribution in [0.25, 0.3) is 16.8 Å². The minimum atomic E-state index is -0.111. The van der Waals surface area contributed by atoms with Crippen LogP contribution in [-0.2, 0) is 10.8 Å². The molecule has 0 atom stereocenters. The van der Waals surface area contributed by atoms with Crippen LogP contribution in [0.4, 0.5) is 51.3 Å². The third-order valence-corrected chi connectivity index (χ3v) is 12.9. The molecule has 0 N–H and O–H groups in total. The summed E-state index contributed by atoms with van der Waals surface area (Å²) in [6, 6.07) is 68.9. The molecule has 0 saturated heterocycles. The van der Waals surface area contributed by atoms with Gasteiger partial charge in [0.15, 0.2) is 0 Å². The van der Waals surface area contributed by atoms with Gasteiger partial charge in [0.2, 0.25) is 0 Å². The quantitative estimate of drug-likeness (QED) is 0.156. The van der Waals surface area contributed by atoms with Crippen molar-refractivity contribution in [2.24, 2.45) is 0 Å². The summed E-state index contributed by atoms with van der Waals surface area (Å²) in [5.41, 5.74) is 18.4. The van der Waals surface area contributed by atoms with Gasteiger partial charge < -0.3 is 9.80 Å². The lowest BCUT2D eigenvalue weighted by molar-refractivity contribution is 0.590. The summed E-state index contributed by atoms with van der Waals surface area (Å²) in [6.45, 7) is 13.6. The number of aromatic nitrogens is 2. The van der Waals surface area contributed by atoms with E-state index >= 15 is 0 Å². The van der Waals surface area contributed by atoms with Crippen molar-refractivity contribution < 1.29 is 0 Å². The number of hydrogen-bond donors (Lipinski definition) is 0. The molecule has 0 spiro atoms. The topological polar surface area (TPSA) is 27.0 Å². The standard InChI is InChI=1S/C57H50BN5/c1-56(2,3)40-28-31-44(32-29-40)61(48-35-30-41(57(4,5)6)37-46(48)39-19-10-7-11-20-39)45-33-34-47-51(38-45)62(42-21-12-8-13-22-42)49-25-18-26-50-53(49)58(47)54-55(60-36-17-16-27-52(60)59-54)63(50)43-23-14-9-15-24-43/h7-38H,1-6H3. The molecule has 2 aliphatic rings. The summed E-state index contributed by atoms with van der Waals surface area (Å²) in [4.78, 5) is 12.8. The van der Waals surface area contributed by atoms with Gasteiger partial charge in [-0.25, -0.2) is 4.98 Å². The monoisotopic (exact) mass is 815 g/mol. The minimum Gasteiger partial charge on any atom is -0.311 e. The molecule has 0 radical (unpaired) electrons. The maximum Gasteiger partial charge on any atom is 0.277 e. The molecule has 4 heterocycles. The van der Waals surface area contributed by atoms with Gasteiger partial charge in [-0.3, -0.25) is 9.30 Å². The first kappa shape index (κ1) is 38.6. The molecular formula is C57H50BN5. The molecule has 2 aliphatic heterocycles. The highest BCUT2D eigenvalue weighted by molar-refractivity contribution is 7.00. The highest BCUT2D eigenvalue weighted by Crippen LogP contribution is 2.48. The van der Waals surface area contributed by atoms with Crippen LogP contribution < -0.4 is 31.2 Å². The summed E-state index contributed by atoms with van der Waals surface area (Å²) in [5.74, 6) is 1.07. The Morgan fingerprint density at radius 2 is 1.08 bits per heavy atom. The largest absolute Gasteiger partial charge is 0.311 e. The van der Waals surface area contributed by atoms with Crippen molar-refractivity contribution in [1.82, 2.24) is 9.38 Å². The second kappa shape index (κ2) is 14.7. The molecule has 0 unspecified atom stereocenters. The van der Waals surface area contributed by atoms with E-state index in [4.69, 9.17) is 4.98 Å². The predicted molar refractivity (Wildman–Crippen MR) is 267 cm³/mol. The lowest BCUT2D eigenvalue weighted by Crippen LogP contribution is -2.61. The average molecular weight is 816 g/mol. The zero-order valence-electron chi connectivity index (χ0n) is 36.8. The lowest BCUT2D eigenvalue weighted by atomic mass is 9.35. The summed E-state index contributed by atoms with van der Waals surface area (Å²) < 4.78 is 2.25. The number of benzene rings is 7. The van der Waals surface area contributed by atoms with Crippen LogP contribution in [0.5, 0.6) is 0 Å². The van der Waals surface area contributed by atoms with Crippen LogP contribution >= 0.6 is 0 Å². The molecule has 0 amide bonds. The van der Waals surface area contributed by atoms with Crippen LogP contribution in [0.2, 0.25) is 0 Å². The Bertz CT molecular complexity index is 3140. The summed E-state index contributed by atoms with van der Waals surface area (Å²) in [6.07, 6.45) is 2.15. The first-order valence-corrected chi connectivity index (χ1v) is 22.1. The molecule has 6 heteroatoms. The molecular weight excluding hydrogens is 765 g/mol. The fourth-order valence-corrected chi connectivity index (χ4v) is 9.71. The summed E-state index contributed by atoms with van der Waals surface area (Å²) in [5, 5.41) is 0. The van der Waals surface area contributed by atoms with Crippen molar-refractivity contribution >= 4 is 80.2 Å². The number of pyridine rings is 1. The van der Waals surface area contributed by atoms with Gasteiger partial charge in [0.05, 0.1) is 11.3 Å². The van der Waals surface area contributed by atoms with E-state index in [1.807, 2.05) is 0 Å². The van der Waals surface area contributed by atoms with E-state index in [0.717, 1.165) is 62.6 Å². The second-order valence-electron chi connectivity index (χ2n) is 19.0. The summed E-state index contributed by atoms with van der Waals surface area (Å²) in [7, 11) is 0. The highest BCUT2D eigenvalue weighted by Gasteiger charge is 2.46. The molecule has 0 saturated carbocycles. The van der Waals surface area contributed by atoms with Crippen molar-refractivity contribution in [3.05, 3.63) is 205 Å². The Morgan fingerprint density at radius 3 is 1.75 bits per heavy atom. The third-order valence-electron chi connectivity index (χ3n) is 12.9. The molecule has 0 bridgehead atoms. The van der Waals surface area contributed by atoms with Gasteiger partial charge in [-0.15, -0.1) is 0 Å². The van der Waals surface area contributed by atoms with Crippen molar-refractivity contribution in [3.63, 3.8) is 0 Å². The molecule has 306 valence electrons. The van der Waals surface area contributed by atoms with Crippen LogP contribution in [0.3, 0.4) is 0 Å². The molecule has 0 fully saturated rings. The first-order valence-electron chi connectivity index (χ1n) is 22.1. The Labute approximate surface area is 371 Å². The maximum atomic E-state index is 5.50. The van der Waals surface area contributed by atoms with E-state index in [-0.39, 0.29) is 17.5 Å². The van der Waals surface area contributed by atoms with E-state index in [1.54, 1.807) is 0 Å². The molecule has 5 nitrogen and oxygen atoms in total. The molecule has 63 heavy (non-hydrogen) atoms. The van der Waals surface area contributed by atoms with Crippen molar-refractivity contribution in [2.45, 2.75) is 52.4 Å². The van der Waals surface area contributed by atoms with Gasteiger partial charge in [0.1, 0.15) is 11.5 Å². The minimum absolute atomic E-state index is 0.0219. The number of hydrogen-bond acceptors (Lipinski definition) is 4. The number of nitrogens with zero attached hydrogens (tertiary/aromatic N) is 5. The van der Waals surface area contributed by atoms with Crippen LogP contribution in [0.1, 0.15) is 52.7 Å². The van der Waals surface area contributed by atoms with Gasteiger partial charge in [0.25, 0.3) is 6.71 Å². The van der Waals surface area contributed by atoms with Gasteiger partial charge >= 0.3 is 0 Å². The molecule has 0 aliphatic carbocycles. The zero-order chi connectivity index (χ0) is 43.0. The fourth-order valence-electron chi connectivity index (χ4n) is 9.71. The maximum absolute atomic E-state index is 5.50. The van der Waals surface area contributed by atoms with Crippen molar-refractivity contribution in [2.75, 3.05) is 14.7 Å². The van der Waals surface area contributed by atoms with Crippen LogP contribution in [0, 0.1) is 0 Å². The molecule has 9 aromatic rings. The van der Waals surface area contributed by atoms with Gasteiger partial charge in [-0.1, -0.05) is 145 Å². The smallest absolute Gasteiger partial charge is 0.277 e. The normalized spacial score (nSPS) is 13.1. The Hall–Kier alpha value is -7.31. The predicted octanol–water partition coefficient (Wildman–Crippen LogP) is 13.1. The van der Waals surface area contributed by atoms with Gasteiger partial charge in [-0.05, 0) is 123 Å². The number of para-hydroxylation sites is 2. The van der Waals surface area contributed by atoms with Gasteiger partial charge in [0, 0.05) is 51.6 Å². The first-order chi connectivity index (χ1) is 30.5. The number of rotatable bonds is 6. The summed E-state index contributed by atoms with van der Waals surface area (Å²) >= 11 is 0. The highest BCUT2D eigenvalue weighted by atomic mass is 15.3. The number of fused-ring (bicyclic) bond motifs is 6. The third kappa shape index (κ3) is 6.43. The lowest BCUT2D eigenvalue weighted by Gasteiger charge is -2.43. The van der Waals surface area contributed by atoms with Gasteiger partial charge in [-0.2, -0.15) is 0 Å². The van der Waals surface area contributed by atoms with E-state index in [1.165, 1.54) is 33.2 Å². The van der Waals surface area contributed by atoms with E-state index in [9.17, 15) is 0 Å². The van der Waals surface area contributed by atoms with E-state index < -0.39 is 0 Å². The Morgan fingerprint density at radius 1 is 0.492 bits per heavy atom. The Balaban J connectivity index is 1.19. The van der Waals surface area contributed by atoms with E-state index in [0.29, 0.717) is 0 Å². The van der Waals surface area contributed by atoms with Crippen molar-refractivity contribution in [1.29, 1.82) is 0 Å². The van der Waals surface area contributed by atoms with Crippen LogP contribution in [0.15, 0.2) is 194 Å². The zero-order valence-corrected chi connectivity index (χ0v) is 36.8.